The van der Waals surface area contributed by atoms with Gasteiger partial charge < -0.3 is 5.73 Å². The van der Waals surface area contributed by atoms with Gasteiger partial charge in [-0.1, -0.05) is 24.3 Å². The van der Waals surface area contributed by atoms with E-state index in [4.69, 9.17) is 5.73 Å². The molecule has 0 spiro atoms. The molecule has 0 saturated heterocycles. The van der Waals surface area contributed by atoms with Crippen LogP contribution < -0.4 is 5.73 Å². The van der Waals surface area contributed by atoms with Crippen LogP contribution in [-0.2, 0) is 0 Å². The molecule has 3 rings (SSSR count). The monoisotopic (exact) mass is 240 g/mol. The molecule has 0 bridgehead atoms. The summed E-state index contributed by atoms with van der Waals surface area (Å²) in [5.41, 5.74) is 9.23. The molecule has 1 atom stereocenters. The number of aromatic nitrogens is 1. The van der Waals surface area contributed by atoms with Crippen molar-refractivity contribution in [2.24, 2.45) is 5.73 Å². The molecule has 0 aliphatic carbocycles. The first-order valence-corrected chi connectivity index (χ1v) is 6.42. The van der Waals surface area contributed by atoms with Gasteiger partial charge in [-0.3, -0.25) is 4.98 Å². The number of fused-ring (bicyclic) bond motifs is 1. The largest absolute Gasteiger partial charge is 0.319 e. The maximum Gasteiger partial charge on any atom is 0.0734 e. The summed E-state index contributed by atoms with van der Waals surface area (Å²) in [5.74, 6) is 0. The zero-order valence-corrected chi connectivity index (χ0v) is 10.0. The van der Waals surface area contributed by atoms with Crippen LogP contribution in [0.15, 0.2) is 53.2 Å². The summed E-state index contributed by atoms with van der Waals surface area (Å²) < 4.78 is 0. The van der Waals surface area contributed by atoms with Crippen molar-refractivity contribution in [3.8, 4) is 0 Å². The Labute approximate surface area is 104 Å². The van der Waals surface area contributed by atoms with Crippen molar-refractivity contribution in [1.29, 1.82) is 0 Å². The molecule has 2 heterocycles. The first kappa shape index (κ1) is 10.4. The summed E-state index contributed by atoms with van der Waals surface area (Å²) >= 11 is 1.66. The average molecular weight is 240 g/mol. The van der Waals surface area contributed by atoms with Gasteiger partial charge in [0, 0.05) is 5.39 Å². The number of hydrogen-bond donors (Lipinski definition) is 1. The van der Waals surface area contributed by atoms with E-state index in [2.05, 4.69) is 22.5 Å². The molecule has 0 fully saturated rings. The van der Waals surface area contributed by atoms with Gasteiger partial charge in [0.1, 0.15) is 0 Å². The molecule has 3 heteroatoms. The number of nitrogens with zero attached hydrogens (tertiary/aromatic N) is 1. The zero-order chi connectivity index (χ0) is 11.7. The predicted octanol–water partition coefficient (Wildman–Crippen LogP) is 3.34. The maximum atomic E-state index is 6.20. The van der Waals surface area contributed by atoms with Crippen LogP contribution in [0, 0.1) is 0 Å². The molecule has 0 aliphatic rings. The van der Waals surface area contributed by atoms with Gasteiger partial charge in [0.05, 0.1) is 17.3 Å². The highest BCUT2D eigenvalue weighted by Gasteiger charge is 2.10. The topological polar surface area (TPSA) is 38.9 Å². The Morgan fingerprint density at radius 2 is 1.94 bits per heavy atom. The van der Waals surface area contributed by atoms with Crippen molar-refractivity contribution >= 4 is 22.2 Å². The summed E-state index contributed by atoms with van der Waals surface area (Å²) in [7, 11) is 0. The van der Waals surface area contributed by atoms with Crippen molar-refractivity contribution in [3.63, 3.8) is 0 Å². The Bertz CT molecular complexity index is 632. The Morgan fingerprint density at radius 1 is 1.06 bits per heavy atom. The van der Waals surface area contributed by atoms with Crippen LogP contribution in [0.5, 0.6) is 0 Å². The molecule has 2 nitrogen and oxygen atoms in total. The Balaban J connectivity index is 2.06. The van der Waals surface area contributed by atoms with Crippen LogP contribution in [0.2, 0.25) is 0 Å². The fourth-order valence-electron chi connectivity index (χ4n) is 1.88. The summed E-state index contributed by atoms with van der Waals surface area (Å²) in [6.07, 6.45) is 0. The lowest BCUT2D eigenvalue weighted by molar-refractivity contribution is 0.840. The van der Waals surface area contributed by atoms with Crippen LogP contribution in [0.25, 0.3) is 10.9 Å². The maximum absolute atomic E-state index is 6.20. The number of para-hydroxylation sites is 1. The van der Waals surface area contributed by atoms with Crippen LogP contribution in [0.4, 0.5) is 0 Å². The summed E-state index contributed by atoms with van der Waals surface area (Å²) in [6, 6.07) is 14.1. The third-order valence-electron chi connectivity index (χ3n) is 2.84. The normalized spacial score (nSPS) is 12.8. The van der Waals surface area contributed by atoms with E-state index in [9.17, 15) is 0 Å². The van der Waals surface area contributed by atoms with E-state index in [1.807, 2.05) is 35.7 Å². The van der Waals surface area contributed by atoms with Crippen LogP contribution >= 0.6 is 11.3 Å². The van der Waals surface area contributed by atoms with Gasteiger partial charge >= 0.3 is 0 Å². The molecule has 1 aromatic carbocycles. The van der Waals surface area contributed by atoms with Crippen LogP contribution in [-0.4, -0.2) is 4.98 Å². The smallest absolute Gasteiger partial charge is 0.0734 e. The Kier molecular flexibility index (Phi) is 2.63. The summed E-state index contributed by atoms with van der Waals surface area (Å²) in [6.45, 7) is 0. The van der Waals surface area contributed by atoms with E-state index >= 15 is 0 Å². The van der Waals surface area contributed by atoms with Gasteiger partial charge in [-0.2, -0.15) is 11.3 Å². The third kappa shape index (κ3) is 1.95. The zero-order valence-electron chi connectivity index (χ0n) is 9.21. The number of nitrogens with two attached hydrogens (primary N) is 1. The summed E-state index contributed by atoms with van der Waals surface area (Å²) in [5, 5.41) is 5.26. The third-order valence-corrected chi connectivity index (χ3v) is 3.54. The second kappa shape index (κ2) is 4.28. The highest BCUT2D eigenvalue weighted by atomic mass is 32.1. The molecule has 0 radical (unpaired) electrons. The predicted molar refractivity (Wildman–Crippen MR) is 72.1 cm³/mol. The average Bonchev–Trinajstić information content (AvgIpc) is 2.91. The van der Waals surface area contributed by atoms with E-state index in [0.717, 1.165) is 22.2 Å². The van der Waals surface area contributed by atoms with E-state index in [0.29, 0.717) is 0 Å². The Morgan fingerprint density at radius 3 is 2.76 bits per heavy atom. The number of thiophene rings is 1. The van der Waals surface area contributed by atoms with Gasteiger partial charge in [0.25, 0.3) is 0 Å². The second-order valence-corrected chi connectivity index (χ2v) is 4.74. The van der Waals surface area contributed by atoms with Gasteiger partial charge in [0.15, 0.2) is 0 Å². The number of rotatable bonds is 2. The van der Waals surface area contributed by atoms with E-state index in [1.165, 1.54) is 0 Å². The first-order chi connectivity index (χ1) is 8.34. The van der Waals surface area contributed by atoms with Gasteiger partial charge in [-0.15, -0.1) is 0 Å². The van der Waals surface area contributed by atoms with Crippen molar-refractivity contribution in [1.82, 2.24) is 4.98 Å². The van der Waals surface area contributed by atoms with Crippen LogP contribution in [0.1, 0.15) is 17.3 Å². The van der Waals surface area contributed by atoms with Crippen molar-refractivity contribution in [2.75, 3.05) is 0 Å². The molecule has 0 unspecified atom stereocenters. The summed E-state index contributed by atoms with van der Waals surface area (Å²) in [4.78, 5) is 4.61. The lowest BCUT2D eigenvalue weighted by Crippen LogP contribution is -2.12. The molecular formula is C14H12N2S. The first-order valence-electron chi connectivity index (χ1n) is 5.48. The van der Waals surface area contributed by atoms with E-state index in [1.54, 1.807) is 11.3 Å². The lowest BCUT2D eigenvalue weighted by atomic mass is 10.1. The van der Waals surface area contributed by atoms with Crippen LogP contribution in [0.3, 0.4) is 0 Å². The highest BCUT2D eigenvalue weighted by molar-refractivity contribution is 7.08. The molecule has 2 aromatic heterocycles. The molecule has 84 valence electrons. The second-order valence-electron chi connectivity index (χ2n) is 3.96. The van der Waals surface area contributed by atoms with E-state index in [-0.39, 0.29) is 6.04 Å². The standard InChI is InChI=1S/C14H12N2S/c15-14(11-7-8-17-9-11)13-6-5-10-3-1-2-4-12(10)16-13/h1-9,14H,15H2/t14-/m1/s1. The van der Waals surface area contributed by atoms with E-state index < -0.39 is 0 Å². The number of hydrogen-bond acceptors (Lipinski definition) is 3. The van der Waals surface area contributed by atoms with Gasteiger partial charge in [-0.25, -0.2) is 0 Å². The SMILES string of the molecule is N[C@H](c1ccsc1)c1ccc2ccccc2n1. The minimum atomic E-state index is -0.133. The highest BCUT2D eigenvalue weighted by Crippen LogP contribution is 2.22. The molecule has 17 heavy (non-hydrogen) atoms. The quantitative estimate of drug-likeness (QED) is 0.746. The lowest BCUT2D eigenvalue weighted by Gasteiger charge is -2.10. The van der Waals surface area contributed by atoms with Gasteiger partial charge in [0.2, 0.25) is 0 Å². The van der Waals surface area contributed by atoms with Crippen molar-refractivity contribution in [2.45, 2.75) is 6.04 Å². The molecule has 0 amide bonds. The molecule has 0 saturated carbocycles. The van der Waals surface area contributed by atoms with Crippen molar-refractivity contribution < 1.29 is 0 Å². The minimum Gasteiger partial charge on any atom is -0.319 e. The molecule has 0 aliphatic heterocycles. The van der Waals surface area contributed by atoms with Gasteiger partial charge in [-0.05, 0) is 34.5 Å². The Hall–Kier alpha value is -1.71. The van der Waals surface area contributed by atoms with Crippen molar-refractivity contribution in [3.05, 3.63) is 64.5 Å². The molecular weight excluding hydrogens is 228 g/mol. The number of pyridine rings is 1. The minimum absolute atomic E-state index is 0.133. The molecule has 2 N–H and O–H groups in total. The fraction of sp³-hybridized carbons (Fsp3) is 0.0714. The molecule has 3 aromatic rings. The fourth-order valence-corrected chi connectivity index (χ4v) is 2.57. The number of benzene rings is 1.